The normalized spacial score (nSPS) is 11.5. The molecule has 2 aromatic carbocycles. The molecule has 150 valence electrons. The van der Waals surface area contributed by atoms with Crippen LogP contribution in [-0.2, 0) is 11.3 Å². The van der Waals surface area contributed by atoms with Crippen LogP contribution < -0.4 is 5.43 Å². The molecule has 3 rings (SSSR count). The number of carbonyl (C=O) groups excluding carboxylic acids is 1. The number of amides is 1. The molecule has 1 heterocycles. The van der Waals surface area contributed by atoms with E-state index in [0.717, 1.165) is 17.0 Å². The Morgan fingerprint density at radius 2 is 1.69 bits per heavy atom. The fraction of sp³-hybridized carbons (Fsp3) is 0.200. The summed E-state index contributed by atoms with van der Waals surface area (Å²) in [6.07, 6.45) is 0. The van der Waals surface area contributed by atoms with Gasteiger partial charge in [-0.2, -0.15) is 5.10 Å². The van der Waals surface area contributed by atoms with Crippen molar-refractivity contribution in [3.8, 4) is 11.4 Å². The van der Waals surface area contributed by atoms with Gasteiger partial charge in [0, 0.05) is 22.2 Å². The molecule has 1 aromatic heterocycles. The zero-order valence-electron chi connectivity index (χ0n) is 15.9. The Morgan fingerprint density at radius 3 is 2.31 bits per heavy atom. The molecule has 0 fully saturated rings. The summed E-state index contributed by atoms with van der Waals surface area (Å²) in [4.78, 5) is 12.2. The van der Waals surface area contributed by atoms with E-state index in [0.29, 0.717) is 27.5 Å². The Morgan fingerprint density at radius 1 is 1.07 bits per heavy atom. The van der Waals surface area contributed by atoms with Gasteiger partial charge in [0.2, 0.25) is 0 Å². The van der Waals surface area contributed by atoms with E-state index in [4.69, 9.17) is 23.2 Å². The average molecular weight is 448 g/mol. The third-order valence-corrected chi connectivity index (χ3v) is 5.55. The molecule has 0 saturated heterocycles. The van der Waals surface area contributed by atoms with Gasteiger partial charge in [0.1, 0.15) is 0 Å². The van der Waals surface area contributed by atoms with Crippen LogP contribution >= 0.6 is 35.0 Å². The monoisotopic (exact) mass is 447 g/mol. The lowest BCUT2D eigenvalue weighted by Crippen LogP contribution is -2.21. The second-order valence-corrected chi connectivity index (χ2v) is 7.90. The zero-order valence-corrected chi connectivity index (χ0v) is 18.2. The second-order valence-electron chi connectivity index (χ2n) is 6.09. The lowest BCUT2D eigenvalue weighted by atomic mass is 10.1. The van der Waals surface area contributed by atoms with Crippen molar-refractivity contribution in [3.05, 3.63) is 64.1 Å². The van der Waals surface area contributed by atoms with Gasteiger partial charge in [-0.1, -0.05) is 47.1 Å². The van der Waals surface area contributed by atoms with Crippen molar-refractivity contribution in [2.75, 3.05) is 5.75 Å². The van der Waals surface area contributed by atoms with Gasteiger partial charge in [0.05, 0.1) is 11.5 Å². The molecule has 0 atom stereocenters. The van der Waals surface area contributed by atoms with Gasteiger partial charge < -0.3 is 4.57 Å². The highest BCUT2D eigenvalue weighted by atomic mass is 35.5. The van der Waals surface area contributed by atoms with E-state index in [-0.39, 0.29) is 11.7 Å². The highest BCUT2D eigenvalue weighted by molar-refractivity contribution is 7.99. The van der Waals surface area contributed by atoms with Crippen molar-refractivity contribution >= 4 is 46.6 Å². The Balaban J connectivity index is 1.62. The molecule has 3 aromatic rings. The van der Waals surface area contributed by atoms with Gasteiger partial charge in [-0.3, -0.25) is 4.79 Å². The van der Waals surface area contributed by atoms with E-state index in [2.05, 4.69) is 20.7 Å². The molecule has 9 heteroatoms. The third kappa shape index (κ3) is 5.59. The van der Waals surface area contributed by atoms with E-state index in [1.807, 2.05) is 54.8 Å². The fourth-order valence-electron chi connectivity index (χ4n) is 2.56. The number of rotatable bonds is 7. The van der Waals surface area contributed by atoms with Crippen LogP contribution in [0.4, 0.5) is 0 Å². The van der Waals surface area contributed by atoms with Crippen molar-refractivity contribution < 1.29 is 4.79 Å². The molecule has 0 bridgehead atoms. The number of halogens is 2. The van der Waals surface area contributed by atoms with Gasteiger partial charge in [-0.15, -0.1) is 10.2 Å². The van der Waals surface area contributed by atoms with Gasteiger partial charge in [-0.05, 0) is 55.8 Å². The molecule has 0 radical (unpaired) electrons. The van der Waals surface area contributed by atoms with Crippen molar-refractivity contribution in [2.45, 2.75) is 25.5 Å². The van der Waals surface area contributed by atoms with E-state index in [1.54, 1.807) is 12.1 Å². The molecule has 0 aliphatic rings. The molecule has 0 unspecified atom stereocenters. The van der Waals surface area contributed by atoms with E-state index < -0.39 is 0 Å². The number of thioether (sulfide) groups is 1. The van der Waals surface area contributed by atoms with Gasteiger partial charge in [0.15, 0.2) is 11.0 Å². The quantitative estimate of drug-likeness (QED) is 0.317. The Bertz CT molecular complexity index is 1020. The topological polar surface area (TPSA) is 72.2 Å². The number of aromatic nitrogens is 3. The lowest BCUT2D eigenvalue weighted by Gasteiger charge is -2.07. The Kier molecular flexibility index (Phi) is 7.30. The average Bonchev–Trinajstić information content (AvgIpc) is 3.14. The first kappa shape index (κ1) is 21.4. The number of hydrogen-bond donors (Lipinski definition) is 1. The van der Waals surface area contributed by atoms with Gasteiger partial charge in [0.25, 0.3) is 5.91 Å². The van der Waals surface area contributed by atoms with Crippen LogP contribution in [0.2, 0.25) is 10.0 Å². The maximum Gasteiger partial charge on any atom is 0.250 e. The minimum absolute atomic E-state index is 0.177. The Hall–Kier alpha value is -2.35. The minimum atomic E-state index is -0.220. The van der Waals surface area contributed by atoms with E-state index in [9.17, 15) is 4.79 Å². The maximum atomic E-state index is 12.2. The highest BCUT2D eigenvalue weighted by Gasteiger charge is 2.14. The number of hydrogen-bond acceptors (Lipinski definition) is 5. The molecule has 0 saturated carbocycles. The summed E-state index contributed by atoms with van der Waals surface area (Å²) in [6, 6.07) is 14.7. The molecule has 0 spiro atoms. The summed E-state index contributed by atoms with van der Waals surface area (Å²) in [6.45, 7) is 4.51. The van der Waals surface area contributed by atoms with E-state index in [1.165, 1.54) is 11.8 Å². The van der Waals surface area contributed by atoms with Crippen molar-refractivity contribution in [1.82, 2.24) is 20.2 Å². The number of benzene rings is 2. The standard InChI is InChI=1S/C20H19Cl2N5OS/c1-3-27-19(15-6-10-17(22)11-7-15)25-26-20(27)29-12-18(28)24-23-13(2)14-4-8-16(21)9-5-14/h4-11H,3,12H2,1-2H3,(H,24,28)/b23-13+. The largest absolute Gasteiger partial charge is 0.302 e. The molecular weight excluding hydrogens is 429 g/mol. The Labute approximate surface area is 183 Å². The van der Waals surface area contributed by atoms with Crippen molar-refractivity contribution in [2.24, 2.45) is 5.10 Å². The number of carbonyl (C=O) groups is 1. The second kappa shape index (κ2) is 9.91. The van der Waals surface area contributed by atoms with Crippen LogP contribution in [0.15, 0.2) is 58.8 Å². The smallest absolute Gasteiger partial charge is 0.250 e. The summed E-state index contributed by atoms with van der Waals surface area (Å²) in [5, 5.41) is 14.6. The van der Waals surface area contributed by atoms with Crippen LogP contribution in [0.1, 0.15) is 19.4 Å². The predicted molar refractivity (Wildman–Crippen MR) is 119 cm³/mol. The summed E-state index contributed by atoms with van der Waals surface area (Å²) >= 11 is 13.1. The maximum absolute atomic E-state index is 12.2. The molecular formula is C20H19Cl2N5OS. The van der Waals surface area contributed by atoms with Crippen LogP contribution in [-0.4, -0.2) is 32.1 Å². The first-order valence-corrected chi connectivity index (χ1v) is 10.6. The lowest BCUT2D eigenvalue weighted by molar-refractivity contribution is -0.118. The number of hydrazone groups is 1. The zero-order chi connectivity index (χ0) is 20.8. The first-order valence-electron chi connectivity index (χ1n) is 8.89. The van der Waals surface area contributed by atoms with E-state index >= 15 is 0 Å². The van der Waals surface area contributed by atoms with Crippen molar-refractivity contribution in [1.29, 1.82) is 0 Å². The molecule has 0 aliphatic heterocycles. The summed E-state index contributed by atoms with van der Waals surface area (Å²) in [5.74, 6) is 0.696. The van der Waals surface area contributed by atoms with Gasteiger partial charge >= 0.3 is 0 Å². The van der Waals surface area contributed by atoms with Crippen LogP contribution in [0.3, 0.4) is 0 Å². The molecule has 29 heavy (non-hydrogen) atoms. The van der Waals surface area contributed by atoms with Crippen LogP contribution in [0, 0.1) is 0 Å². The number of nitrogens with zero attached hydrogens (tertiary/aromatic N) is 4. The van der Waals surface area contributed by atoms with Crippen LogP contribution in [0.5, 0.6) is 0 Å². The third-order valence-electron chi connectivity index (χ3n) is 4.08. The first-order chi connectivity index (χ1) is 14.0. The molecule has 1 amide bonds. The molecule has 6 nitrogen and oxygen atoms in total. The number of nitrogens with one attached hydrogen (secondary N) is 1. The highest BCUT2D eigenvalue weighted by Crippen LogP contribution is 2.25. The summed E-state index contributed by atoms with van der Waals surface area (Å²) in [5.41, 5.74) is 5.08. The van der Waals surface area contributed by atoms with Crippen LogP contribution in [0.25, 0.3) is 11.4 Å². The summed E-state index contributed by atoms with van der Waals surface area (Å²) in [7, 11) is 0. The minimum Gasteiger partial charge on any atom is -0.302 e. The fourth-order valence-corrected chi connectivity index (χ4v) is 3.60. The predicted octanol–water partition coefficient (Wildman–Crippen LogP) is 4.90. The van der Waals surface area contributed by atoms with Crippen molar-refractivity contribution in [3.63, 3.8) is 0 Å². The van der Waals surface area contributed by atoms with Gasteiger partial charge in [-0.25, -0.2) is 5.43 Å². The molecule has 0 aliphatic carbocycles. The SMILES string of the molecule is CCn1c(SCC(=O)N/N=C(\C)c2ccc(Cl)cc2)nnc1-c1ccc(Cl)cc1. The molecule has 1 N–H and O–H groups in total. The summed E-state index contributed by atoms with van der Waals surface area (Å²) < 4.78 is 1.96.